The zero-order valence-corrected chi connectivity index (χ0v) is 7.07. The highest BCUT2D eigenvalue weighted by Gasteiger charge is 2.30. The molecule has 0 aromatic carbocycles. The van der Waals surface area contributed by atoms with E-state index in [1.807, 2.05) is 0 Å². The van der Waals surface area contributed by atoms with Crippen LogP contribution in [0.4, 0.5) is 0 Å². The molecular formula is C4H3NO8S. The van der Waals surface area contributed by atoms with Crippen molar-refractivity contribution in [3.63, 3.8) is 0 Å². The molecule has 3 N–H and O–H groups in total. The minimum absolute atomic E-state index is 0.710. The maximum Gasteiger partial charge on any atom is 0.381 e. The van der Waals surface area contributed by atoms with Crippen molar-refractivity contribution in [3.05, 3.63) is 0 Å². The van der Waals surface area contributed by atoms with E-state index in [1.54, 1.807) is 0 Å². The third-order valence-electron chi connectivity index (χ3n) is 0.828. The first kappa shape index (κ1) is 12.2. The lowest BCUT2D eigenvalue weighted by molar-refractivity contribution is -0.155. The smallest absolute Gasteiger partial charge is 0.381 e. The molecule has 0 aliphatic rings. The van der Waals surface area contributed by atoms with Crippen LogP contribution in [0.1, 0.15) is 0 Å². The summed E-state index contributed by atoms with van der Waals surface area (Å²) >= 11 is 0. The van der Waals surface area contributed by atoms with E-state index in [9.17, 15) is 27.6 Å². The summed E-state index contributed by atoms with van der Waals surface area (Å²) in [4.78, 5) is 41.0. The fourth-order valence-corrected chi connectivity index (χ4v) is 0.691. The monoisotopic (exact) mass is 225 g/mol. The summed E-state index contributed by atoms with van der Waals surface area (Å²) in [7, 11) is -4.99. The van der Waals surface area contributed by atoms with Gasteiger partial charge in [0.2, 0.25) is 0 Å². The van der Waals surface area contributed by atoms with Crippen molar-refractivity contribution in [1.82, 2.24) is 4.72 Å². The van der Waals surface area contributed by atoms with Crippen molar-refractivity contribution in [2.75, 3.05) is 0 Å². The highest BCUT2D eigenvalue weighted by Crippen LogP contribution is 1.81. The van der Waals surface area contributed by atoms with E-state index >= 15 is 0 Å². The van der Waals surface area contributed by atoms with Crippen molar-refractivity contribution in [1.29, 1.82) is 0 Å². The zero-order chi connectivity index (χ0) is 11.5. The first-order valence-electron chi connectivity index (χ1n) is 2.76. The van der Waals surface area contributed by atoms with E-state index in [2.05, 4.69) is 0 Å². The number of hydrogen-bond acceptors (Lipinski definition) is 6. The quantitative estimate of drug-likeness (QED) is 0.262. The lowest BCUT2D eigenvalue weighted by Crippen LogP contribution is -2.41. The molecule has 0 heterocycles. The molecule has 0 aliphatic heterocycles. The Labute approximate surface area is 76.6 Å². The van der Waals surface area contributed by atoms with E-state index in [-0.39, 0.29) is 0 Å². The Hall–Kier alpha value is -1.81. The van der Waals surface area contributed by atoms with Crippen LogP contribution in [0.5, 0.6) is 0 Å². The number of hydrogen-bond donors (Lipinski definition) is 3. The van der Waals surface area contributed by atoms with Gasteiger partial charge in [-0.3, -0.25) is 18.9 Å². The third-order valence-corrected chi connectivity index (χ3v) is 1.27. The number of Topliss-reactive ketones (excluding diaryl/α,β-unsaturated/α-hetero) is 2. The van der Waals surface area contributed by atoms with E-state index in [1.165, 1.54) is 0 Å². The minimum Gasteiger partial charge on any atom is -0.475 e. The van der Waals surface area contributed by atoms with E-state index in [0.29, 0.717) is 4.72 Å². The molecule has 0 spiro atoms. The molecule has 0 bridgehead atoms. The number of rotatable bonds is 4. The molecule has 0 rings (SSSR count). The van der Waals surface area contributed by atoms with Gasteiger partial charge in [-0.15, -0.1) is 0 Å². The molecule has 9 nitrogen and oxygen atoms in total. The van der Waals surface area contributed by atoms with Crippen molar-refractivity contribution in [2.24, 2.45) is 0 Å². The Kier molecular flexibility index (Phi) is 3.42. The van der Waals surface area contributed by atoms with Gasteiger partial charge < -0.3 is 5.11 Å². The summed E-state index contributed by atoms with van der Waals surface area (Å²) in [5.41, 5.74) is 0. The van der Waals surface area contributed by atoms with Gasteiger partial charge in [-0.2, -0.15) is 8.42 Å². The fourth-order valence-electron chi connectivity index (χ4n) is 0.364. The highest BCUT2D eigenvalue weighted by molar-refractivity contribution is 7.84. The summed E-state index contributed by atoms with van der Waals surface area (Å²) in [6, 6.07) is 0. The molecule has 0 saturated heterocycles. The second-order valence-electron chi connectivity index (χ2n) is 1.87. The van der Waals surface area contributed by atoms with Gasteiger partial charge in [0, 0.05) is 0 Å². The first-order chi connectivity index (χ1) is 6.15. The van der Waals surface area contributed by atoms with Gasteiger partial charge in [0.15, 0.2) is 0 Å². The van der Waals surface area contributed by atoms with Crippen molar-refractivity contribution < 1.29 is 37.3 Å². The van der Waals surface area contributed by atoms with Crippen LogP contribution in [-0.2, 0) is 29.5 Å². The van der Waals surface area contributed by atoms with Crippen molar-refractivity contribution in [3.8, 4) is 0 Å². The number of nitrogens with one attached hydrogen (secondary N) is 1. The second-order valence-corrected chi connectivity index (χ2v) is 3.02. The summed E-state index contributed by atoms with van der Waals surface area (Å²) in [6.45, 7) is 0. The average Bonchev–Trinajstić information content (AvgIpc) is 1.98. The van der Waals surface area contributed by atoms with Crippen LogP contribution >= 0.6 is 0 Å². The van der Waals surface area contributed by atoms with Crippen LogP contribution in [0, 0.1) is 0 Å². The molecule has 10 heteroatoms. The van der Waals surface area contributed by atoms with E-state index in [4.69, 9.17) is 9.66 Å². The number of carboxylic acid groups (broad SMARTS) is 1. The molecule has 78 valence electrons. The van der Waals surface area contributed by atoms with Crippen LogP contribution in [0.3, 0.4) is 0 Å². The van der Waals surface area contributed by atoms with E-state index < -0.39 is 33.7 Å². The molecule has 14 heavy (non-hydrogen) atoms. The number of carbonyl (C=O) groups is 4. The Balaban J connectivity index is 4.67. The van der Waals surface area contributed by atoms with Crippen LogP contribution in [-0.4, -0.2) is 41.5 Å². The summed E-state index contributed by atoms with van der Waals surface area (Å²) in [5, 5.41) is 7.94. The first-order valence-corrected chi connectivity index (χ1v) is 4.20. The molecule has 0 saturated carbocycles. The zero-order valence-electron chi connectivity index (χ0n) is 6.25. The number of carboxylic acids is 1. The molecule has 0 unspecified atom stereocenters. The van der Waals surface area contributed by atoms with Crippen molar-refractivity contribution >= 4 is 33.7 Å². The topological polar surface area (TPSA) is 155 Å². The summed E-state index contributed by atoms with van der Waals surface area (Å²) < 4.78 is 28.6. The Morgan fingerprint density at radius 3 is 1.71 bits per heavy atom. The fraction of sp³-hybridized carbons (Fsp3) is 0. The Bertz CT molecular complexity index is 405. The molecule has 0 aliphatic carbocycles. The number of aliphatic carboxylic acids is 1. The van der Waals surface area contributed by atoms with Crippen LogP contribution < -0.4 is 4.72 Å². The largest absolute Gasteiger partial charge is 0.475 e. The maximum absolute atomic E-state index is 10.4. The van der Waals surface area contributed by atoms with Crippen LogP contribution in [0.25, 0.3) is 0 Å². The summed E-state index contributed by atoms with van der Waals surface area (Å²) in [5.74, 6) is -8.46. The number of carbonyl (C=O) groups excluding carboxylic acids is 3. The number of ketones is 2. The molecule has 0 aromatic heterocycles. The SMILES string of the molecule is O=C(O)C(=O)C(=O)C(=O)NS(=O)(=O)O. The van der Waals surface area contributed by atoms with Gasteiger partial charge in [0.05, 0.1) is 0 Å². The third kappa shape index (κ3) is 3.73. The van der Waals surface area contributed by atoms with Crippen LogP contribution in [0.15, 0.2) is 0 Å². The minimum atomic E-state index is -4.99. The maximum atomic E-state index is 10.4. The molecule has 0 radical (unpaired) electrons. The van der Waals surface area contributed by atoms with Gasteiger partial charge in [0.1, 0.15) is 0 Å². The lowest BCUT2D eigenvalue weighted by atomic mass is 10.2. The highest BCUT2D eigenvalue weighted by atomic mass is 32.2. The molecule has 1 amide bonds. The number of amides is 1. The van der Waals surface area contributed by atoms with Gasteiger partial charge in [-0.05, 0) is 0 Å². The van der Waals surface area contributed by atoms with Crippen LogP contribution in [0.2, 0.25) is 0 Å². The predicted octanol–water partition coefficient (Wildman–Crippen LogP) is -2.87. The Morgan fingerprint density at radius 1 is 1.00 bits per heavy atom. The van der Waals surface area contributed by atoms with E-state index in [0.717, 1.165) is 0 Å². The standard InChI is InChI=1S/C4H3NO8S/c6-1(2(7)4(9)10)3(8)5-14(11,12)13/h(H,5,8)(H,9,10)(H,11,12,13). The molecule has 0 fully saturated rings. The average molecular weight is 225 g/mol. The molecule has 0 atom stereocenters. The normalized spacial score (nSPS) is 10.4. The van der Waals surface area contributed by atoms with Gasteiger partial charge in [-0.1, -0.05) is 0 Å². The molecule has 0 aromatic rings. The second kappa shape index (κ2) is 3.93. The van der Waals surface area contributed by atoms with Crippen molar-refractivity contribution in [2.45, 2.75) is 0 Å². The van der Waals surface area contributed by atoms with Gasteiger partial charge in [-0.25, -0.2) is 9.52 Å². The lowest BCUT2D eigenvalue weighted by Gasteiger charge is -1.96. The van der Waals surface area contributed by atoms with Gasteiger partial charge in [0.25, 0.3) is 5.78 Å². The Morgan fingerprint density at radius 2 is 1.43 bits per heavy atom. The predicted molar refractivity (Wildman–Crippen MR) is 37.3 cm³/mol. The van der Waals surface area contributed by atoms with Gasteiger partial charge >= 0.3 is 28.0 Å². The summed E-state index contributed by atoms with van der Waals surface area (Å²) in [6.07, 6.45) is 0. The molecular weight excluding hydrogens is 222 g/mol.